The average Bonchev–Trinajstić information content (AvgIpc) is 3.76. The molecule has 3 aliphatic rings. The number of benzene rings is 3. The Morgan fingerprint density at radius 2 is 1.68 bits per heavy atom. The first-order chi connectivity index (χ1) is 19.4. The topological polar surface area (TPSA) is 90.9 Å². The van der Waals surface area contributed by atoms with Gasteiger partial charge in [-0.05, 0) is 85.2 Å². The molecule has 7 nitrogen and oxygen atoms in total. The monoisotopic (exact) mass is 556 g/mol. The Morgan fingerprint density at radius 3 is 2.38 bits per heavy atom. The van der Waals surface area contributed by atoms with Gasteiger partial charge in [-0.2, -0.15) is 0 Å². The van der Waals surface area contributed by atoms with Crippen molar-refractivity contribution in [2.75, 3.05) is 23.8 Å². The lowest BCUT2D eigenvalue weighted by Gasteiger charge is -2.33. The van der Waals surface area contributed by atoms with Crippen LogP contribution < -0.4 is 14.9 Å². The van der Waals surface area contributed by atoms with Gasteiger partial charge >= 0.3 is 0 Å². The van der Waals surface area contributed by atoms with Crippen molar-refractivity contribution in [2.45, 2.75) is 61.8 Å². The lowest BCUT2D eigenvalue weighted by molar-refractivity contribution is -0.115. The van der Waals surface area contributed by atoms with Crippen LogP contribution in [0.15, 0.2) is 82.7 Å². The Kier molecular flexibility index (Phi) is 7.47. The molecule has 2 N–H and O–H groups in total. The third kappa shape index (κ3) is 5.69. The highest BCUT2D eigenvalue weighted by Crippen LogP contribution is 2.38. The fourth-order valence-electron chi connectivity index (χ4n) is 5.80. The molecule has 6 rings (SSSR count). The Morgan fingerprint density at radius 1 is 0.950 bits per heavy atom. The Bertz CT molecular complexity index is 1510. The van der Waals surface area contributed by atoms with Crippen LogP contribution in [0.4, 0.5) is 17.1 Å². The van der Waals surface area contributed by atoms with Gasteiger partial charge in [0.2, 0.25) is 15.9 Å². The van der Waals surface area contributed by atoms with Crippen LogP contribution in [0.3, 0.4) is 0 Å². The van der Waals surface area contributed by atoms with Gasteiger partial charge in [-0.15, -0.1) is 0 Å². The number of hydrogen-bond donors (Lipinski definition) is 2. The van der Waals surface area contributed by atoms with Crippen molar-refractivity contribution in [2.24, 2.45) is 10.9 Å². The second-order valence-corrected chi connectivity index (χ2v) is 13.0. The molecular formula is C32H36N4O3S. The summed E-state index contributed by atoms with van der Waals surface area (Å²) in [5, 5.41) is 2.94. The minimum absolute atomic E-state index is 0.163. The molecule has 40 heavy (non-hydrogen) atoms. The van der Waals surface area contributed by atoms with Crippen molar-refractivity contribution < 1.29 is 13.2 Å². The van der Waals surface area contributed by atoms with E-state index in [0.717, 1.165) is 29.8 Å². The van der Waals surface area contributed by atoms with E-state index >= 15 is 0 Å². The van der Waals surface area contributed by atoms with Crippen LogP contribution >= 0.6 is 0 Å². The smallest absolute Gasteiger partial charge is 0.240 e. The van der Waals surface area contributed by atoms with Gasteiger partial charge < -0.3 is 10.2 Å². The molecule has 0 aromatic heterocycles. The summed E-state index contributed by atoms with van der Waals surface area (Å²) in [7, 11) is -1.52. The first-order valence-electron chi connectivity index (χ1n) is 14.3. The molecule has 3 aromatic rings. The fourth-order valence-corrected chi connectivity index (χ4v) is 6.95. The van der Waals surface area contributed by atoms with Crippen molar-refractivity contribution in [3.63, 3.8) is 0 Å². The Hall–Kier alpha value is -3.49. The molecule has 0 bridgehead atoms. The quantitative estimate of drug-likeness (QED) is 0.316. The van der Waals surface area contributed by atoms with Crippen LogP contribution in [0.1, 0.15) is 62.0 Å². The Labute approximate surface area is 236 Å². The third-order valence-corrected chi connectivity index (χ3v) is 9.82. The molecule has 1 atom stereocenters. The maximum atomic E-state index is 13.4. The maximum absolute atomic E-state index is 13.4. The number of nitrogens with zero attached hydrogens (tertiary/aromatic N) is 2. The molecule has 1 heterocycles. The minimum atomic E-state index is -3.68. The third-order valence-electron chi connectivity index (χ3n) is 8.40. The highest BCUT2D eigenvalue weighted by atomic mass is 32.2. The molecule has 1 amide bonds. The van der Waals surface area contributed by atoms with Crippen molar-refractivity contribution >= 4 is 38.7 Å². The van der Waals surface area contributed by atoms with E-state index in [-0.39, 0.29) is 10.8 Å². The van der Waals surface area contributed by atoms with Crippen molar-refractivity contribution in [1.29, 1.82) is 0 Å². The van der Waals surface area contributed by atoms with Crippen LogP contribution in [0.25, 0.3) is 0 Å². The van der Waals surface area contributed by atoms with E-state index in [1.807, 2.05) is 42.5 Å². The lowest BCUT2D eigenvalue weighted by Crippen LogP contribution is -2.33. The predicted octanol–water partition coefficient (Wildman–Crippen LogP) is 6.00. The van der Waals surface area contributed by atoms with Crippen LogP contribution in [-0.4, -0.2) is 39.7 Å². The van der Waals surface area contributed by atoms with Gasteiger partial charge in [0.05, 0.1) is 16.3 Å². The standard InChI is InChI=1S/C32H36N4O3S/c1-36(25-10-6-3-7-11-25)26-16-14-24(15-17-26)34-31(23-8-4-2-5-9-23)30-28-20-27(18-19-29(28)35-32(30)37)40(38,39)33-21-22-12-13-22/h2,4-5,8-9,14-20,22,25,30,33H,3,6-7,10-13,21H2,1H3,(H,35,37). The summed E-state index contributed by atoms with van der Waals surface area (Å²) in [6, 6.07) is 23.2. The van der Waals surface area contributed by atoms with Gasteiger partial charge in [0.25, 0.3) is 0 Å². The molecule has 3 aromatic carbocycles. The second kappa shape index (κ2) is 11.2. The average molecular weight is 557 g/mol. The predicted molar refractivity (Wildman–Crippen MR) is 160 cm³/mol. The van der Waals surface area contributed by atoms with Gasteiger partial charge in [0.15, 0.2) is 0 Å². The highest BCUT2D eigenvalue weighted by Gasteiger charge is 2.36. The first kappa shape index (κ1) is 26.7. The number of sulfonamides is 1. The number of anilines is 2. The molecule has 1 unspecified atom stereocenters. The number of nitrogens with one attached hydrogen (secondary N) is 2. The molecule has 0 saturated heterocycles. The van der Waals surface area contributed by atoms with E-state index in [9.17, 15) is 13.2 Å². The van der Waals surface area contributed by atoms with E-state index < -0.39 is 15.9 Å². The van der Waals surface area contributed by atoms with Crippen LogP contribution in [-0.2, 0) is 14.8 Å². The summed E-state index contributed by atoms with van der Waals surface area (Å²) in [5.74, 6) is -0.529. The van der Waals surface area contributed by atoms with Gasteiger partial charge in [-0.3, -0.25) is 9.79 Å². The maximum Gasteiger partial charge on any atom is 0.240 e. The van der Waals surface area contributed by atoms with Crippen molar-refractivity contribution in [3.8, 4) is 0 Å². The second-order valence-electron chi connectivity index (χ2n) is 11.2. The van der Waals surface area contributed by atoms with Gasteiger partial charge in [-0.1, -0.05) is 49.6 Å². The van der Waals surface area contributed by atoms with E-state index in [1.54, 1.807) is 18.2 Å². The molecular weight excluding hydrogens is 520 g/mol. The molecule has 208 valence electrons. The summed E-state index contributed by atoms with van der Waals surface area (Å²) >= 11 is 0. The van der Waals surface area contributed by atoms with Crippen molar-refractivity contribution in [1.82, 2.24) is 4.72 Å². The largest absolute Gasteiger partial charge is 0.372 e. The number of carbonyl (C=O) groups excluding carboxylic acids is 1. The number of rotatable bonds is 9. The zero-order chi connectivity index (χ0) is 27.7. The lowest BCUT2D eigenvalue weighted by atomic mass is 9.90. The molecule has 0 radical (unpaired) electrons. The number of aliphatic imine (C=N–C) groups is 1. The van der Waals surface area contributed by atoms with Crippen LogP contribution in [0.2, 0.25) is 0 Å². The van der Waals surface area contributed by atoms with E-state index in [1.165, 1.54) is 32.1 Å². The van der Waals surface area contributed by atoms with Crippen LogP contribution in [0.5, 0.6) is 0 Å². The Balaban J connectivity index is 1.34. The first-order valence-corrected chi connectivity index (χ1v) is 15.8. The molecule has 2 fully saturated rings. The minimum Gasteiger partial charge on any atom is -0.372 e. The summed E-state index contributed by atoms with van der Waals surface area (Å²) in [6.45, 7) is 0.447. The fraction of sp³-hybridized carbons (Fsp3) is 0.375. The molecule has 8 heteroatoms. The van der Waals surface area contributed by atoms with E-state index in [0.29, 0.717) is 35.5 Å². The number of fused-ring (bicyclic) bond motifs is 1. The van der Waals surface area contributed by atoms with Crippen LogP contribution in [0, 0.1) is 5.92 Å². The summed E-state index contributed by atoms with van der Waals surface area (Å²) < 4.78 is 28.8. The van der Waals surface area contributed by atoms with Crippen molar-refractivity contribution in [3.05, 3.63) is 83.9 Å². The number of carbonyl (C=O) groups is 1. The normalized spacial score (nSPS) is 19.8. The van der Waals surface area contributed by atoms with E-state index in [4.69, 9.17) is 4.99 Å². The zero-order valence-electron chi connectivity index (χ0n) is 22.8. The van der Waals surface area contributed by atoms with Gasteiger partial charge in [0, 0.05) is 31.0 Å². The number of amides is 1. The van der Waals surface area contributed by atoms with E-state index in [2.05, 4.69) is 34.1 Å². The molecule has 0 spiro atoms. The zero-order valence-corrected chi connectivity index (χ0v) is 23.7. The summed E-state index contributed by atoms with van der Waals surface area (Å²) in [6.07, 6.45) is 8.44. The summed E-state index contributed by atoms with van der Waals surface area (Å²) in [5.41, 5.74) is 4.55. The highest BCUT2D eigenvalue weighted by molar-refractivity contribution is 7.89. The number of hydrogen-bond acceptors (Lipinski definition) is 5. The van der Waals surface area contributed by atoms with Gasteiger partial charge in [-0.25, -0.2) is 13.1 Å². The SMILES string of the molecule is CN(c1ccc(N=C(c2ccccc2)C2C(=O)Nc3ccc(S(=O)(=O)NCC4CC4)cc32)cc1)C1CCCCC1. The molecule has 2 saturated carbocycles. The summed E-state index contributed by atoms with van der Waals surface area (Å²) in [4.78, 5) is 20.9. The van der Waals surface area contributed by atoms with Gasteiger partial charge in [0.1, 0.15) is 5.92 Å². The molecule has 1 aliphatic heterocycles. The molecule has 2 aliphatic carbocycles.